The number of fused-ring (bicyclic) bond motifs is 3. The molecule has 2 amide bonds. The third-order valence-corrected chi connectivity index (χ3v) is 17.4. The van der Waals surface area contributed by atoms with Crippen molar-refractivity contribution in [2.24, 2.45) is 11.3 Å². The lowest BCUT2D eigenvalue weighted by Gasteiger charge is -2.29. The summed E-state index contributed by atoms with van der Waals surface area (Å²) in [4.78, 5) is 60.7. The Morgan fingerprint density at radius 3 is 2.48 bits per heavy atom. The minimum Gasteiger partial charge on any atom is -0.459 e. The van der Waals surface area contributed by atoms with Crippen molar-refractivity contribution in [3.63, 3.8) is 0 Å². The number of ketones is 1. The highest BCUT2D eigenvalue weighted by atomic mass is 32.2. The molecular formula is C48H57N7O6S3. The van der Waals surface area contributed by atoms with Crippen molar-refractivity contribution >= 4 is 66.5 Å². The average molecular weight is 924 g/mol. The van der Waals surface area contributed by atoms with Crippen LogP contribution in [0.25, 0.3) is 32.9 Å². The van der Waals surface area contributed by atoms with Crippen LogP contribution in [0.4, 0.5) is 5.13 Å². The van der Waals surface area contributed by atoms with Crippen LogP contribution in [-0.4, -0.2) is 79.9 Å². The molecule has 5 aromatic rings. The maximum Gasteiger partial charge on any atom is 0.297 e. The van der Waals surface area contributed by atoms with Crippen LogP contribution in [0.1, 0.15) is 116 Å². The van der Waals surface area contributed by atoms with Gasteiger partial charge in [0.1, 0.15) is 22.7 Å². The lowest BCUT2D eigenvalue weighted by Crippen LogP contribution is -2.49. The number of ether oxygens (including phenoxy) is 1. The normalized spacial score (nSPS) is 25.4. The number of sulfonamides is 1. The van der Waals surface area contributed by atoms with E-state index in [-0.39, 0.29) is 49.0 Å². The van der Waals surface area contributed by atoms with Crippen molar-refractivity contribution in [1.29, 1.82) is 0 Å². The molecule has 0 spiro atoms. The van der Waals surface area contributed by atoms with Gasteiger partial charge in [0.25, 0.3) is 6.01 Å². The van der Waals surface area contributed by atoms with E-state index in [1.165, 1.54) is 11.3 Å². The second-order valence-electron chi connectivity index (χ2n) is 18.9. The van der Waals surface area contributed by atoms with Crippen LogP contribution in [-0.2, 0) is 24.4 Å². The summed E-state index contributed by atoms with van der Waals surface area (Å²) in [7, 11) is -3.94. The van der Waals surface area contributed by atoms with E-state index < -0.39 is 44.3 Å². The number of anilines is 1. The number of hydrogen-bond donors (Lipinski definition) is 2. The molecule has 2 aliphatic carbocycles. The second kappa shape index (κ2) is 17.5. The zero-order valence-corrected chi connectivity index (χ0v) is 39.5. The quantitative estimate of drug-likeness (QED) is 0.122. The van der Waals surface area contributed by atoms with Gasteiger partial charge in [-0.2, -0.15) is 4.98 Å². The first kappa shape index (κ1) is 44.3. The molecule has 4 aliphatic rings. The number of para-hydroxylation sites is 1. The van der Waals surface area contributed by atoms with Crippen molar-refractivity contribution in [1.82, 2.24) is 29.1 Å². The first-order valence-electron chi connectivity index (χ1n) is 22.6. The first-order valence-corrected chi connectivity index (χ1v) is 25.9. The first-order chi connectivity index (χ1) is 30.7. The Labute approximate surface area is 383 Å². The zero-order chi connectivity index (χ0) is 45.0. The molecule has 9 rings (SSSR count). The Bertz CT molecular complexity index is 2700. The number of imidazole rings is 1. The number of Topliss-reactive ketones (excluding diaryl/α,β-unsaturated/α-hetero) is 1. The fraction of sp³-hybridized carbons (Fsp3) is 0.500. The summed E-state index contributed by atoms with van der Waals surface area (Å²) >= 11 is 3.02. The highest BCUT2D eigenvalue weighted by Crippen LogP contribution is 2.57. The number of thiazole rings is 2. The predicted octanol–water partition coefficient (Wildman–Crippen LogP) is 9.30. The fourth-order valence-corrected chi connectivity index (χ4v) is 12.3. The highest BCUT2D eigenvalue weighted by Gasteiger charge is 2.62. The van der Waals surface area contributed by atoms with E-state index in [4.69, 9.17) is 19.7 Å². The predicted molar refractivity (Wildman–Crippen MR) is 252 cm³/mol. The van der Waals surface area contributed by atoms with Gasteiger partial charge >= 0.3 is 0 Å². The van der Waals surface area contributed by atoms with E-state index in [0.717, 1.165) is 64.2 Å². The molecule has 16 heteroatoms. The van der Waals surface area contributed by atoms with Gasteiger partial charge in [-0.1, -0.05) is 75.2 Å². The molecule has 1 saturated heterocycles. The molecule has 0 radical (unpaired) electrons. The number of carbonyl (C=O) groups is 3. The van der Waals surface area contributed by atoms with Crippen LogP contribution in [0.5, 0.6) is 6.01 Å². The van der Waals surface area contributed by atoms with E-state index in [2.05, 4.69) is 49.2 Å². The van der Waals surface area contributed by atoms with E-state index >= 15 is 4.79 Å². The molecule has 2 aromatic carbocycles. The van der Waals surface area contributed by atoms with Gasteiger partial charge in [-0.05, 0) is 83.3 Å². The maximum atomic E-state index is 15.1. The average Bonchev–Trinajstić information content (AvgIpc) is 3.77. The smallest absolute Gasteiger partial charge is 0.297 e. The number of hydrogen-bond acceptors (Lipinski definition) is 12. The summed E-state index contributed by atoms with van der Waals surface area (Å²) in [5.74, 6) is -1.19. The molecule has 3 aromatic heterocycles. The lowest BCUT2D eigenvalue weighted by molar-refractivity contribution is -0.139. The van der Waals surface area contributed by atoms with Crippen LogP contribution in [0, 0.1) is 11.3 Å². The van der Waals surface area contributed by atoms with Crippen molar-refractivity contribution in [2.45, 2.75) is 134 Å². The van der Waals surface area contributed by atoms with Crippen LogP contribution in [0.3, 0.4) is 0 Å². The van der Waals surface area contributed by atoms with Gasteiger partial charge in [-0.25, -0.2) is 18.4 Å². The maximum absolute atomic E-state index is 15.1. The van der Waals surface area contributed by atoms with Gasteiger partial charge in [-0.3, -0.25) is 23.7 Å². The molecule has 0 unspecified atom stereocenters. The molecule has 2 aliphatic heterocycles. The molecule has 2 saturated carbocycles. The molecule has 5 atom stereocenters. The van der Waals surface area contributed by atoms with Crippen LogP contribution in [0.15, 0.2) is 71.4 Å². The van der Waals surface area contributed by atoms with Gasteiger partial charge in [-0.15, -0.1) is 22.7 Å². The third kappa shape index (κ3) is 8.64. The Hall–Kier alpha value is -4.93. The number of carbonyl (C=O) groups excluding carboxylic acids is 3. The van der Waals surface area contributed by atoms with E-state index in [1.54, 1.807) is 23.2 Å². The number of benzene rings is 2. The summed E-state index contributed by atoms with van der Waals surface area (Å²) in [6.45, 7) is 10.1. The fourth-order valence-electron chi connectivity index (χ4n) is 9.19. The van der Waals surface area contributed by atoms with Gasteiger partial charge in [0, 0.05) is 40.8 Å². The standard InChI is InChI=1S/C48H57N7O6S3/c1-29(2)36-27-62-42(49-36)34-18-14-20-38-41(34)52-46(55(38)30(3)4)61-33-23-39-40(56)25-48(44(58)53-64(59,60)47(5)21-22-47)24-32(48)17-12-7-6-8-13-19-35(43(57)54(39)26-33)50-45-51-37(28-63-45)31-15-10-9-11-16-31/h9-12,14-18,20,27-30,32-33,35,39H,6-8,13,19,21-26H2,1-5H3,(H,50,51)(H,53,58)/b17-12-/t32-,33+,35-,39-,48+/m0/s1. The Morgan fingerprint density at radius 2 is 1.75 bits per heavy atom. The second-order valence-corrected chi connectivity index (χ2v) is 22.8. The molecule has 2 N–H and O–H groups in total. The number of rotatable bonds is 11. The minimum atomic E-state index is -3.94. The molecule has 13 nitrogen and oxygen atoms in total. The van der Waals surface area contributed by atoms with Crippen molar-refractivity contribution in [2.75, 3.05) is 11.9 Å². The summed E-state index contributed by atoms with van der Waals surface area (Å²) in [6.07, 6.45) is 8.54. The van der Waals surface area contributed by atoms with Crippen molar-refractivity contribution < 1.29 is 27.5 Å². The van der Waals surface area contributed by atoms with Crippen LogP contribution >= 0.6 is 22.7 Å². The molecule has 5 heterocycles. The summed E-state index contributed by atoms with van der Waals surface area (Å²) in [5.41, 5.74) is 4.12. The topological polar surface area (TPSA) is 165 Å². The lowest BCUT2D eigenvalue weighted by atomic mass is 9.91. The SMILES string of the molecule is CC(C)c1csc(-c2cccc3c2nc(O[C@@H]2C[C@H]4C(=O)C[C@]5(C(=O)NS(=O)(=O)C6(C)CC6)C[C@@H]5/C=C\CCCCC[C@H](Nc5nc(-c6ccccc6)cs5)C(=O)N4C2)n3C(C)C)n1. The zero-order valence-electron chi connectivity index (χ0n) is 37.1. The Morgan fingerprint density at radius 1 is 0.953 bits per heavy atom. The van der Waals surface area contributed by atoms with E-state index in [1.807, 2.05) is 64.6 Å². The van der Waals surface area contributed by atoms with Gasteiger partial charge < -0.3 is 15.0 Å². The number of amides is 2. The highest BCUT2D eigenvalue weighted by molar-refractivity contribution is 7.91. The van der Waals surface area contributed by atoms with Gasteiger partial charge in [0.15, 0.2) is 10.9 Å². The molecular weight excluding hydrogens is 867 g/mol. The number of allylic oxidation sites excluding steroid dienone is 2. The van der Waals surface area contributed by atoms with E-state index in [9.17, 15) is 18.0 Å². The molecule has 3 fully saturated rings. The van der Waals surface area contributed by atoms with Gasteiger partial charge in [0.2, 0.25) is 21.8 Å². The monoisotopic (exact) mass is 923 g/mol. The van der Waals surface area contributed by atoms with Crippen LogP contribution < -0.4 is 14.8 Å². The Kier molecular flexibility index (Phi) is 12.1. The van der Waals surface area contributed by atoms with E-state index in [0.29, 0.717) is 36.8 Å². The summed E-state index contributed by atoms with van der Waals surface area (Å²) in [5, 5.41) is 9.00. The molecule has 0 bridgehead atoms. The molecule has 64 heavy (non-hydrogen) atoms. The van der Waals surface area contributed by atoms with Crippen LogP contribution in [0.2, 0.25) is 0 Å². The largest absolute Gasteiger partial charge is 0.459 e. The van der Waals surface area contributed by atoms with Crippen molar-refractivity contribution in [3.8, 4) is 27.8 Å². The minimum absolute atomic E-state index is 0.0343. The number of aromatic nitrogens is 4. The summed E-state index contributed by atoms with van der Waals surface area (Å²) < 4.78 is 37.0. The number of nitrogens with zero attached hydrogens (tertiary/aromatic N) is 5. The summed E-state index contributed by atoms with van der Waals surface area (Å²) in [6, 6.07) is 14.7. The van der Waals surface area contributed by atoms with Crippen molar-refractivity contribution in [3.05, 3.63) is 77.1 Å². The number of nitrogens with one attached hydrogen (secondary N) is 2. The Balaban J connectivity index is 1.05. The van der Waals surface area contributed by atoms with Gasteiger partial charge in [0.05, 0.1) is 39.7 Å². The molecule has 338 valence electrons. The third-order valence-electron chi connectivity index (χ3n) is 13.5.